The molecule has 3 nitrogen and oxygen atoms in total. The van der Waals surface area contributed by atoms with Gasteiger partial charge in [-0.15, -0.1) is 0 Å². The number of rotatable bonds is 0. The van der Waals surface area contributed by atoms with E-state index >= 15 is 0 Å². The molecule has 0 saturated heterocycles. The smallest absolute Gasteiger partial charge is 2.00 e. The van der Waals surface area contributed by atoms with Gasteiger partial charge in [0, 0.05) is 0 Å². The molecule has 0 N–H and O–H groups in total. The van der Waals surface area contributed by atoms with E-state index in [9.17, 15) is 0 Å². The van der Waals surface area contributed by atoms with Gasteiger partial charge in [0.05, 0.1) is 0 Å². The molecule has 0 aromatic heterocycles. The van der Waals surface area contributed by atoms with Gasteiger partial charge in [-0.05, 0) is 0 Å². The summed E-state index contributed by atoms with van der Waals surface area (Å²) in [5.41, 5.74) is 0. The zero-order valence-corrected chi connectivity index (χ0v) is 6.64. The van der Waals surface area contributed by atoms with Crippen molar-refractivity contribution in [2.45, 2.75) is 0 Å². The van der Waals surface area contributed by atoms with E-state index in [1.165, 1.54) is 0 Å². The third-order valence-electron chi connectivity index (χ3n) is 0. The fourth-order valence-corrected chi connectivity index (χ4v) is 0. The Hall–Kier alpha value is 1.39. The van der Waals surface area contributed by atoms with E-state index in [4.69, 9.17) is 0 Å². The molecule has 0 aliphatic rings. The van der Waals surface area contributed by atoms with Crippen LogP contribution in [0.4, 0.5) is 0 Å². The van der Waals surface area contributed by atoms with Gasteiger partial charge in [0.15, 0.2) is 0 Å². The minimum absolute atomic E-state index is 0. The van der Waals surface area contributed by atoms with Crippen LogP contribution in [-0.4, -0.2) is 23.9 Å². The predicted molar refractivity (Wildman–Crippen MR) is 7.81 cm³/mol. The summed E-state index contributed by atoms with van der Waals surface area (Å²) in [7, 11) is 0. The van der Waals surface area contributed by atoms with Crippen molar-refractivity contribution < 1.29 is 38.1 Å². The second-order valence-electron chi connectivity index (χ2n) is 0. The molecule has 24 valence electrons. The van der Waals surface area contributed by atoms with E-state index in [2.05, 4.69) is 0 Å². The summed E-state index contributed by atoms with van der Waals surface area (Å²) in [5.74, 6) is 0. The Morgan fingerprint density at radius 2 is 0.600 bits per heavy atom. The van der Waals surface area contributed by atoms with Crippen LogP contribution in [0.2, 0.25) is 0 Å². The van der Waals surface area contributed by atoms with Crippen LogP contribution >= 0.6 is 0 Å². The van der Waals surface area contributed by atoms with Crippen LogP contribution < -0.4 is 0 Å². The minimum atomic E-state index is 0. The van der Waals surface area contributed by atoms with Crippen LogP contribution in [0.25, 0.3) is 0 Å². The van der Waals surface area contributed by atoms with Crippen molar-refractivity contribution in [3.05, 3.63) is 0 Å². The zero-order valence-electron chi connectivity index (χ0n) is 2.22. The molecule has 0 heterocycles. The maximum absolute atomic E-state index is 0. The molecule has 0 spiro atoms. The topological polar surface area (TPSA) is 85.5 Å². The summed E-state index contributed by atoms with van der Waals surface area (Å²) in [6.45, 7) is 0. The molecule has 0 aliphatic heterocycles. The molecule has 0 aromatic rings. The molecule has 0 saturated carbocycles. The van der Waals surface area contributed by atoms with Gasteiger partial charge in [0.1, 0.15) is 0 Å². The van der Waals surface area contributed by atoms with Crippen LogP contribution in [0.15, 0.2) is 0 Å². The standard InChI is InChI=1S/3O.Sn.Ti/q3*-2;2*+4. The summed E-state index contributed by atoms with van der Waals surface area (Å²) in [6, 6.07) is 0. The van der Waals surface area contributed by atoms with Crippen molar-refractivity contribution in [3.63, 3.8) is 0 Å². The molecule has 0 unspecified atom stereocenters. The Labute approximate surface area is 61.9 Å². The van der Waals surface area contributed by atoms with Crippen molar-refractivity contribution in [1.29, 1.82) is 0 Å². The van der Waals surface area contributed by atoms with Gasteiger partial charge in [-0.2, -0.15) is 0 Å². The maximum atomic E-state index is 0. The van der Waals surface area contributed by atoms with Gasteiger partial charge in [-0.1, -0.05) is 0 Å². The van der Waals surface area contributed by atoms with Crippen LogP contribution in [0.5, 0.6) is 0 Å². The normalized spacial score (nSPS) is 0. The zero-order chi connectivity index (χ0) is 0. The van der Waals surface area contributed by atoms with Gasteiger partial charge >= 0.3 is 45.6 Å². The second-order valence-corrected chi connectivity index (χ2v) is 0. The molecule has 0 amide bonds. The Kier molecular flexibility index (Phi) is 1030. The molecule has 5 heteroatoms. The van der Waals surface area contributed by atoms with Crippen LogP contribution in [0.1, 0.15) is 0 Å². The van der Waals surface area contributed by atoms with Gasteiger partial charge < -0.3 is 16.4 Å². The van der Waals surface area contributed by atoms with Gasteiger partial charge in [-0.3, -0.25) is 0 Å². The molecule has 0 aromatic carbocycles. The van der Waals surface area contributed by atoms with Crippen molar-refractivity contribution in [2.24, 2.45) is 0 Å². The molecule has 0 fully saturated rings. The van der Waals surface area contributed by atoms with Gasteiger partial charge in [0.2, 0.25) is 0 Å². The fraction of sp³-hybridized carbons (Fsp3) is 0. The van der Waals surface area contributed by atoms with Crippen molar-refractivity contribution in [2.75, 3.05) is 0 Å². The van der Waals surface area contributed by atoms with E-state index in [1.807, 2.05) is 0 Å². The summed E-state index contributed by atoms with van der Waals surface area (Å²) in [5, 5.41) is 0. The summed E-state index contributed by atoms with van der Waals surface area (Å²) in [4.78, 5) is 0. The minimum Gasteiger partial charge on any atom is -2.00 e. The van der Waals surface area contributed by atoms with Gasteiger partial charge in [-0.25, -0.2) is 0 Å². The monoisotopic (exact) mass is 216 g/mol. The predicted octanol–water partition coefficient (Wildman–Crippen LogP) is -0.740. The largest absolute Gasteiger partial charge is 4.00 e. The first-order chi connectivity index (χ1) is 0. The van der Waals surface area contributed by atoms with E-state index in [0.717, 1.165) is 0 Å². The summed E-state index contributed by atoms with van der Waals surface area (Å²) >= 11 is 0. The molecular formula is O3SnTi+2. The Bertz CT molecular complexity index is 6.85. The Morgan fingerprint density at radius 1 is 0.600 bits per heavy atom. The first-order valence-electron chi connectivity index (χ1n) is 0. The SMILES string of the molecule is [O-2].[O-2].[O-2].[Sn+4].[Ti+4]. The summed E-state index contributed by atoms with van der Waals surface area (Å²) < 4.78 is 0. The third-order valence-corrected chi connectivity index (χ3v) is 0. The van der Waals surface area contributed by atoms with Crippen molar-refractivity contribution in [1.82, 2.24) is 0 Å². The van der Waals surface area contributed by atoms with Gasteiger partial charge in [0.25, 0.3) is 0 Å². The second kappa shape index (κ2) is 53.6. The average Bonchev–Trinajstić information content (AvgIpc) is 0. The number of hydrogen-bond donors (Lipinski definition) is 0. The first-order valence-corrected chi connectivity index (χ1v) is 0. The molecule has 0 aliphatic carbocycles. The molecule has 0 rings (SSSR count). The summed E-state index contributed by atoms with van der Waals surface area (Å²) in [6.07, 6.45) is 0. The van der Waals surface area contributed by atoms with Crippen molar-refractivity contribution >= 4 is 23.9 Å². The first kappa shape index (κ1) is 95.8. The van der Waals surface area contributed by atoms with E-state index in [0.29, 0.717) is 0 Å². The molecular weight excluding hydrogens is 215 g/mol. The van der Waals surface area contributed by atoms with E-state index < -0.39 is 0 Å². The maximum Gasteiger partial charge on any atom is 4.00 e. The van der Waals surface area contributed by atoms with E-state index in [1.54, 1.807) is 0 Å². The molecule has 0 atom stereocenters. The third kappa shape index (κ3) is 32.0. The van der Waals surface area contributed by atoms with Crippen LogP contribution in [0.3, 0.4) is 0 Å². The average molecular weight is 215 g/mol. The molecule has 0 bridgehead atoms. The number of hydrogen-bond acceptors (Lipinski definition) is 0. The van der Waals surface area contributed by atoms with Crippen LogP contribution in [-0.2, 0) is 38.1 Å². The van der Waals surface area contributed by atoms with Crippen LogP contribution in [0, 0.1) is 0 Å². The Balaban J connectivity index is 0. The molecule has 5 heavy (non-hydrogen) atoms. The van der Waals surface area contributed by atoms with Crippen molar-refractivity contribution in [3.8, 4) is 0 Å². The Morgan fingerprint density at radius 3 is 0.600 bits per heavy atom. The van der Waals surface area contributed by atoms with E-state index in [-0.39, 0.29) is 62.1 Å². The fourth-order valence-electron chi connectivity index (χ4n) is 0. The quantitative estimate of drug-likeness (QED) is 0.476. The molecule has 0 radical (unpaired) electrons.